The van der Waals surface area contributed by atoms with Gasteiger partial charge in [-0.25, -0.2) is 0 Å². The van der Waals surface area contributed by atoms with Crippen molar-refractivity contribution in [3.63, 3.8) is 0 Å². The molecule has 0 unspecified atom stereocenters. The molecule has 0 aliphatic heterocycles. The van der Waals surface area contributed by atoms with Gasteiger partial charge < -0.3 is 9.47 Å². The van der Waals surface area contributed by atoms with Crippen LogP contribution in [0.1, 0.15) is 43.4 Å². The first-order chi connectivity index (χ1) is 12.1. The van der Waals surface area contributed by atoms with Gasteiger partial charge in [0.2, 0.25) is 5.91 Å². The molecule has 3 rings (SSSR count). The number of aromatic nitrogens is 3. The Labute approximate surface area is 157 Å². The monoisotopic (exact) mass is 376 g/mol. The molecule has 2 heterocycles. The van der Waals surface area contributed by atoms with Crippen LogP contribution in [0.4, 0.5) is 0 Å². The van der Waals surface area contributed by atoms with Gasteiger partial charge in [-0.3, -0.25) is 4.79 Å². The fraction of sp³-hybridized carbons (Fsp3) is 0.500. The molecule has 0 saturated heterocycles. The quantitative estimate of drug-likeness (QED) is 0.494. The molecule has 1 aliphatic rings. The normalized spacial score (nSPS) is 13.8. The van der Waals surface area contributed by atoms with Crippen molar-refractivity contribution in [1.29, 1.82) is 0 Å². The molecule has 0 atom stereocenters. The van der Waals surface area contributed by atoms with Gasteiger partial charge in [0.25, 0.3) is 0 Å². The summed E-state index contributed by atoms with van der Waals surface area (Å²) in [7, 11) is 0. The molecule has 5 nitrogen and oxygen atoms in total. The summed E-state index contributed by atoms with van der Waals surface area (Å²) in [6.07, 6.45) is 3.16. The Morgan fingerprint density at radius 1 is 1.48 bits per heavy atom. The first-order valence-electron chi connectivity index (χ1n) is 8.59. The van der Waals surface area contributed by atoms with E-state index in [2.05, 4.69) is 38.9 Å². The van der Waals surface area contributed by atoms with E-state index in [0.717, 1.165) is 23.0 Å². The van der Waals surface area contributed by atoms with Crippen LogP contribution in [0.15, 0.2) is 34.8 Å². The zero-order chi connectivity index (χ0) is 17.8. The van der Waals surface area contributed by atoms with Crippen molar-refractivity contribution in [1.82, 2.24) is 19.7 Å². The highest BCUT2D eigenvalue weighted by atomic mass is 32.2. The van der Waals surface area contributed by atoms with Gasteiger partial charge in [-0.05, 0) is 38.1 Å². The summed E-state index contributed by atoms with van der Waals surface area (Å²) in [5, 5.41) is 11.7. The Bertz CT molecular complexity index is 734. The second kappa shape index (κ2) is 8.19. The van der Waals surface area contributed by atoms with Crippen molar-refractivity contribution in [3.8, 4) is 0 Å². The number of rotatable bonds is 9. The lowest BCUT2D eigenvalue weighted by Crippen LogP contribution is -2.33. The third kappa shape index (κ3) is 4.73. The highest BCUT2D eigenvalue weighted by Gasteiger charge is 2.30. The molecule has 0 aromatic carbocycles. The van der Waals surface area contributed by atoms with Crippen LogP contribution in [-0.4, -0.2) is 44.4 Å². The Morgan fingerprint density at radius 3 is 2.88 bits per heavy atom. The summed E-state index contributed by atoms with van der Waals surface area (Å²) in [6, 6.07) is 4.69. The molecule has 7 heteroatoms. The zero-order valence-electron chi connectivity index (χ0n) is 14.8. The molecule has 2 aromatic heterocycles. The number of thiophene rings is 1. The molecule has 1 saturated carbocycles. The van der Waals surface area contributed by atoms with E-state index < -0.39 is 0 Å². The molecule has 0 radical (unpaired) electrons. The van der Waals surface area contributed by atoms with Gasteiger partial charge in [0.15, 0.2) is 5.16 Å². The maximum Gasteiger partial charge on any atom is 0.233 e. The van der Waals surface area contributed by atoms with Gasteiger partial charge in [-0.15, -0.1) is 21.5 Å². The van der Waals surface area contributed by atoms with E-state index in [1.807, 2.05) is 18.7 Å². The summed E-state index contributed by atoms with van der Waals surface area (Å²) in [6.45, 7) is 9.17. The summed E-state index contributed by atoms with van der Waals surface area (Å²) in [5.74, 6) is 1.53. The van der Waals surface area contributed by atoms with E-state index in [9.17, 15) is 4.79 Å². The predicted molar refractivity (Wildman–Crippen MR) is 103 cm³/mol. The fourth-order valence-corrected chi connectivity index (χ4v) is 4.34. The second-order valence-electron chi connectivity index (χ2n) is 6.41. The maximum absolute atomic E-state index is 12.5. The van der Waals surface area contributed by atoms with Crippen LogP contribution in [0.3, 0.4) is 0 Å². The minimum atomic E-state index is 0.126. The van der Waals surface area contributed by atoms with Gasteiger partial charge in [0.05, 0.1) is 5.75 Å². The van der Waals surface area contributed by atoms with Gasteiger partial charge in [-0.1, -0.05) is 30.0 Å². The summed E-state index contributed by atoms with van der Waals surface area (Å²) < 4.78 is 2.24. The van der Waals surface area contributed by atoms with E-state index in [4.69, 9.17) is 0 Å². The highest BCUT2D eigenvalue weighted by Crippen LogP contribution is 2.39. The molecule has 0 spiro atoms. The summed E-state index contributed by atoms with van der Waals surface area (Å²) in [5.41, 5.74) is 1.000. The number of hydrogen-bond donors (Lipinski definition) is 0. The molecule has 2 aromatic rings. The van der Waals surface area contributed by atoms with Crippen LogP contribution in [0.25, 0.3) is 0 Å². The predicted octanol–water partition coefficient (Wildman–Crippen LogP) is 3.78. The molecule has 134 valence electrons. The largest absolute Gasteiger partial charge is 0.338 e. The molecule has 0 N–H and O–H groups in total. The Hall–Kier alpha value is -1.60. The smallest absolute Gasteiger partial charge is 0.233 e. The SMILES string of the molecule is C=C(C)CN(CC)C(=O)CSc1nnc(Cc2cccs2)n1C1CC1. The number of thioether (sulfide) groups is 1. The Balaban J connectivity index is 1.67. The van der Waals surface area contributed by atoms with Crippen LogP contribution in [-0.2, 0) is 11.2 Å². The lowest BCUT2D eigenvalue weighted by atomic mass is 10.3. The molecular formula is C18H24N4OS2. The Morgan fingerprint density at radius 2 is 2.28 bits per heavy atom. The standard InChI is InChI=1S/C18H24N4OS2/c1-4-21(11-13(2)3)17(23)12-25-18-20-19-16(22(18)14-7-8-14)10-15-6-5-9-24-15/h5-6,9,14H,2,4,7-8,10-12H2,1,3H3. The first-order valence-corrected chi connectivity index (χ1v) is 10.5. The van der Waals surface area contributed by atoms with E-state index in [1.165, 1.54) is 29.5 Å². The van der Waals surface area contributed by atoms with Crippen LogP contribution in [0, 0.1) is 0 Å². The fourth-order valence-electron chi connectivity index (χ4n) is 2.71. The number of carbonyl (C=O) groups excluding carboxylic acids is 1. The maximum atomic E-state index is 12.5. The van der Waals surface area contributed by atoms with Gasteiger partial charge in [0.1, 0.15) is 5.82 Å². The zero-order valence-corrected chi connectivity index (χ0v) is 16.4. The van der Waals surface area contributed by atoms with Crippen molar-refractivity contribution < 1.29 is 4.79 Å². The average Bonchev–Trinajstić information content (AvgIpc) is 3.14. The molecule has 0 bridgehead atoms. The van der Waals surface area contributed by atoms with E-state index in [1.54, 1.807) is 11.3 Å². The number of nitrogens with zero attached hydrogens (tertiary/aromatic N) is 4. The first kappa shape index (κ1) is 18.2. The number of amides is 1. The van der Waals surface area contributed by atoms with Gasteiger partial charge >= 0.3 is 0 Å². The lowest BCUT2D eigenvalue weighted by molar-refractivity contribution is -0.127. The highest BCUT2D eigenvalue weighted by molar-refractivity contribution is 7.99. The number of hydrogen-bond acceptors (Lipinski definition) is 5. The molecule has 1 fully saturated rings. The topological polar surface area (TPSA) is 51.0 Å². The number of likely N-dealkylation sites (N-methyl/N-ethyl adjacent to an activating group) is 1. The van der Waals surface area contributed by atoms with Crippen LogP contribution >= 0.6 is 23.1 Å². The van der Waals surface area contributed by atoms with E-state index in [-0.39, 0.29) is 5.91 Å². The van der Waals surface area contributed by atoms with Gasteiger partial charge in [0, 0.05) is 30.4 Å². The van der Waals surface area contributed by atoms with Crippen molar-refractivity contribution in [3.05, 3.63) is 40.4 Å². The van der Waals surface area contributed by atoms with E-state index >= 15 is 0 Å². The van der Waals surface area contributed by atoms with Crippen molar-refractivity contribution in [2.24, 2.45) is 0 Å². The average molecular weight is 377 g/mol. The lowest BCUT2D eigenvalue weighted by Gasteiger charge is -2.20. The van der Waals surface area contributed by atoms with Crippen molar-refractivity contribution >= 4 is 29.0 Å². The third-order valence-electron chi connectivity index (χ3n) is 4.08. The number of carbonyl (C=O) groups is 1. The molecule has 1 amide bonds. The molecule has 1 aliphatic carbocycles. The molecular weight excluding hydrogens is 352 g/mol. The molecule has 25 heavy (non-hydrogen) atoms. The van der Waals surface area contributed by atoms with Gasteiger partial charge in [-0.2, -0.15) is 0 Å². The van der Waals surface area contributed by atoms with E-state index in [0.29, 0.717) is 24.9 Å². The van der Waals surface area contributed by atoms with Crippen molar-refractivity contribution in [2.75, 3.05) is 18.8 Å². The summed E-state index contributed by atoms with van der Waals surface area (Å²) in [4.78, 5) is 15.6. The second-order valence-corrected chi connectivity index (χ2v) is 8.38. The summed E-state index contributed by atoms with van der Waals surface area (Å²) >= 11 is 3.24. The van der Waals surface area contributed by atoms with Crippen LogP contribution < -0.4 is 0 Å². The third-order valence-corrected chi connectivity index (χ3v) is 5.88. The van der Waals surface area contributed by atoms with Crippen LogP contribution in [0.2, 0.25) is 0 Å². The van der Waals surface area contributed by atoms with Crippen LogP contribution in [0.5, 0.6) is 0 Å². The van der Waals surface area contributed by atoms with Crippen molar-refractivity contribution in [2.45, 2.75) is 44.3 Å². The Kier molecular flexibility index (Phi) is 5.96. The minimum Gasteiger partial charge on any atom is -0.338 e. The minimum absolute atomic E-state index is 0.126.